The van der Waals surface area contributed by atoms with Crippen molar-refractivity contribution in [1.82, 2.24) is 5.32 Å². The van der Waals surface area contributed by atoms with Gasteiger partial charge in [0.2, 0.25) is 0 Å². The van der Waals surface area contributed by atoms with Gasteiger partial charge in [-0.1, -0.05) is 35.4 Å². The van der Waals surface area contributed by atoms with E-state index in [0.29, 0.717) is 6.04 Å². The summed E-state index contributed by atoms with van der Waals surface area (Å²) in [4.78, 5) is 0. The first kappa shape index (κ1) is 15.7. The van der Waals surface area contributed by atoms with Gasteiger partial charge in [-0.3, -0.25) is 0 Å². The summed E-state index contributed by atoms with van der Waals surface area (Å²) in [6.45, 7) is 9.30. The van der Waals surface area contributed by atoms with E-state index in [0.717, 1.165) is 18.5 Å². The van der Waals surface area contributed by atoms with Gasteiger partial charge in [-0.25, -0.2) is 4.39 Å². The van der Waals surface area contributed by atoms with E-state index in [-0.39, 0.29) is 5.82 Å². The molecular weight excluding hydrogens is 261 g/mol. The Labute approximate surface area is 127 Å². The first-order chi connectivity index (χ1) is 9.95. The summed E-state index contributed by atoms with van der Waals surface area (Å²) in [6.07, 6.45) is 0.918. The van der Waals surface area contributed by atoms with Crippen LogP contribution in [0, 0.1) is 26.6 Å². The molecule has 112 valence electrons. The zero-order chi connectivity index (χ0) is 15.4. The van der Waals surface area contributed by atoms with Crippen LogP contribution in [0.5, 0.6) is 0 Å². The SMILES string of the molecule is Cc1cc(C)cc(C(C)NCCc2ccc(F)cc2C)c1. The van der Waals surface area contributed by atoms with Crippen molar-refractivity contribution in [3.8, 4) is 0 Å². The Hall–Kier alpha value is -1.67. The Morgan fingerprint density at radius 2 is 1.67 bits per heavy atom. The van der Waals surface area contributed by atoms with Crippen molar-refractivity contribution in [2.75, 3.05) is 6.54 Å². The second kappa shape index (κ2) is 6.86. The zero-order valence-electron chi connectivity index (χ0n) is 13.3. The van der Waals surface area contributed by atoms with E-state index in [1.807, 2.05) is 13.0 Å². The van der Waals surface area contributed by atoms with E-state index in [2.05, 4.69) is 44.3 Å². The fourth-order valence-corrected chi connectivity index (χ4v) is 2.74. The van der Waals surface area contributed by atoms with Crippen molar-refractivity contribution < 1.29 is 4.39 Å². The Kier molecular flexibility index (Phi) is 5.13. The maximum atomic E-state index is 13.1. The van der Waals surface area contributed by atoms with Crippen LogP contribution in [0.25, 0.3) is 0 Å². The quantitative estimate of drug-likeness (QED) is 0.843. The molecule has 0 aromatic heterocycles. The van der Waals surface area contributed by atoms with E-state index < -0.39 is 0 Å². The molecule has 1 nitrogen and oxygen atoms in total. The monoisotopic (exact) mass is 285 g/mol. The molecule has 0 saturated carbocycles. The summed E-state index contributed by atoms with van der Waals surface area (Å²) in [6, 6.07) is 12.0. The van der Waals surface area contributed by atoms with Crippen LogP contribution in [-0.4, -0.2) is 6.54 Å². The van der Waals surface area contributed by atoms with Gasteiger partial charge in [0.05, 0.1) is 0 Å². The lowest BCUT2D eigenvalue weighted by molar-refractivity contribution is 0.574. The first-order valence-corrected chi connectivity index (χ1v) is 7.52. The smallest absolute Gasteiger partial charge is 0.123 e. The van der Waals surface area contributed by atoms with Crippen molar-refractivity contribution in [1.29, 1.82) is 0 Å². The molecule has 0 heterocycles. The minimum atomic E-state index is -0.159. The molecular formula is C19H24FN. The third-order valence-corrected chi connectivity index (χ3v) is 3.89. The van der Waals surface area contributed by atoms with Crippen molar-refractivity contribution in [2.24, 2.45) is 0 Å². The van der Waals surface area contributed by atoms with Crippen LogP contribution in [0.2, 0.25) is 0 Å². The fourth-order valence-electron chi connectivity index (χ4n) is 2.74. The van der Waals surface area contributed by atoms with Crippen LogP contribution in [0.3, 0.4) is 0 Å². The lowest BCUT2D eigenvalue weighted by atomic mass is 10.0. The lowest BCUT2D eigenvalue weighted by Crippen LogP contribution is -2.21. The maximum absolute atomic E-state index is 13.1. The van der Waals surface area contributed by atoms with Crippen LogP contribution >= 0.6 is 0 Å². The van der Waals surface area contributed by atoms with Gasteiger partial charge >= 0.3 is 0 Å². The van der Waals surface area contributed by atoms with Crippen molar-refractivity contribution >= 4 is 0 Å². The fraction of sp³-hybridized carbons (Fsp3) is 0.368. The second-order valence-electron chi connectivity index (χ2n) is 5.92. The van der Waals surface area contributed by atoms with E-state index in [9.17, 15) is 4.39 Å². The second-order valence-corrected chi connectivity index (χ2v) is 5.92. The van der Waals surface area contributed by atoms with Gasteiger partial charge in [0.25, 0.3) is 0 Å². The Morgan fingerprint density at radius 3 is 2.29 bits per heavy atom. The van der Waals surface area contributed by atoms with Crippen LogP contribution in [0.1, 0.15) is 40.8 Å². The summed E-state index contributed by atoms with van der Waals surface area (Å²) in [5, 5.41) is 3.55. The van der Waals surface area contributed by atoms with Crippen LogP contribution in [0.15, 0.2) is 36.4 Å². The van der Waals surface area contributed by atoms with Crippen molar-refractivity contribution in [2.45, 2.75) is 40.2 Å². The van der Waals surface area contributed by atoms with E-state index in [1.165, 1.54) is 28.3 Å². The molecule has 2 heteroatoms. The molecule has 0 bridgehead atoms. The van der Waals surface area contributed by atoms with Crippen LogP contribution in [0.4, 0.5) is 4.39 Å². The Morgan fingerprint density at radius 1 is 1.00 bits per heavy atom. The van der Waals surface area contributed by atoms with Gasteiger partial charge in [-0.15, -0.1) is 0 Å². The number of hydrogen-bond acceptors (Lipinski definition) is 1. The molecule has 0 spiro atoms. The average molecular weight is 285 g/mol. The van der Waals surface area contributed by atoms with E-state index in [1.54, 1.807) is 6.07 Å². The van der Waals surface area contributed by atoms with Crippen molar-refractivity contribution in [3.05, 3.63) is 70.0 Å². The highest BCUT2D eigenvalue weighted by molar-refractivity contribution is 5.30. The summed E-state index contributed by atoms with van der Waals surface area (Å²) in [5.41, 5.74) is 6.15. The molecule has 2 aromatic rings. The molecule has 0 saturated heterocycles. The molecule has 0 amide bonds. The summed E-state index contributed by atoms with van der Waals surface area (Å²) >= 11 is 0. The van der Waals surface area contributed by atoms with Gasteiger partial charge in [0, 0.05) is 6.04 Å². The molecule has 2 aromatic carbocycles. The number of hydrogen-bond donors (Lipinski definition) is 1. The number of halogens is 1. The maximum Gasteiger partial charge on any atom is 0.123 e. The molecule has 0 aliphatic heterocycles. The summed E-state index contributed by atoms with van der Waals surface area (Å²) < 4.78 is 13.1. The summed E-state index contributed by atoms with van der Waals surface area (Å²) in [7, 11) is 0. The van der Waals surface area contributed by atoms with Gasteiger partial charge in [0.15, 0.2) is 0 Å². The van der Waals surface area contributed by atoms with Gasteiger partial charge in [-0.05, 0) is 69.5 Å². The van der Waals surface area contributed by atoms with Crippen LogP contribution in [-0.2, 0) is 6.42 Å². The largest absolute Gasteiger partial charge is 0.310 e. The summed E-state index contributed by atoms with van der Waals surface area (Å²) in [5.74, 6) is -0.159. The zero-order valence-corrected chi connectivity index (χ0v) is 13.3. The predicted octanol–water partition coefficient (Wildman–Crippen LogP) is 4.64. The minimum absolute atomic E-state index is 0.159. The highest BCUT2D eigenvalue weighted by Gasteiger charge is 2.06. The molecule has 0 aliphatic rings. The van der Waals surface area contributed by atoms with E-state index >= 15 is 0 Å². The Bertz CT molecular complexity index is 599. The van der Waals surface area contributed by atoms with Gasteiger partial charge < -0.3 is 5.32 Å². The minimum Gasteiger partial charge on any atom is -0.310 e. The Balaban J connectivity index is 1.93. The number of benzene rings is 2. The normalized spacial score (nSPS) is 12.4. The highest BCUT2D eigenvalue weighted by atomic mass is 19.1. The number of rotatable bonds is 5. The van der Waals surface area contributed by atoms with Gasteiger partial charge in [-0.2, -0.15) is 0 Å². The third kappa shape index (κ3) is 4.40. The van der Waals surface area contributed by atoms with Crippen LogP contribution < -0.4 is 5.32 Å². The topological polar surface area (TPSA) is 12.0 Å². The predicted molar refractivity (Wildman–Crippen MR) is 87.2 cm³/mol. The molecule has 2 rings (SSSR count). The molecule has 21 heavy (non-hydrogen) atoms. The third-order valence-electron chi connectivity index (χ3n) is 3.89. The van der Waals surface area contributed by atoms with Gasteiger partial charge in [0.1, 0.15) is 5.82 Å². The standard InChI is InChI=1S/C19H24FN/c1-13-9-14(2)11-18(10-13)16(4)21-8-7-17-5-6-19(20)12-15(17)3/h5-6,9-12,16,21H,7-8H2,1-4H3. The lowest BCUT2D eigenvalue weighted by Gasteiger charge is -2.16. The molecule has 1 atom stereocenters. The highest BCUT2D eigenvalue weighted by Crippen LogP contribution is 2.17. The molecule has 1 N–H and O–H groups in total. The molecule has 0 aliphatic carbocycles. The molecule has 0 radical (unpaired) electrons. The number of nitrogens with one attached hydrogen (secondary N) is 1. The molecule has 0 fully saturated rings. The van der Waals surface area contributed by atoms with Crippen molar-refractivity contribution in [3.63, 3.8) is 0 Å². The molecule has 1 unspecified atom stereocenters. The van der Waals surface area contributed by atoms with E-state index in [4.69, 9.17) is 0 Å². The average Bonchev–Trinajstić information content (AvgIpc) is 2.40. The first-order valence-electron chi connectivity index (χ1n) is 7.52. The number of aryl methyl sites for hydroxylation is 3.